The number of rotatable bonds is 7. The van der Waals surface area contributed by atoms with Gasteiger partial charge in [0, 0.05) is 6.07 Å². The number of nitrogens with zero attached hydrogens (tertiary/aromatic N) is 2. The number of anilines is 2. The molecule has 0 bridgehead atoms. The predicted molar refractivity (Wildman–Crippen MR) is 89.8 cm³/mol. The van der Waals surface area contributed by atoms with Gasteiger partial charge in [-0.05, 0) is 30.7 Å². The highest BCUT2D eigenvalue weighted by atomic mass is 16.6. The van der Waals surface area contributed by atoms with Crippen LogP contribution in [0.5, 0.6) is 5.75 Å². The van der Waals surface area contributed by atoms with Crippen molar-refractivity contribution in [3.05, 3.63) is 74.8 Å². The molecule has 8 nitrogen and oxygen atoms in total. The molecule has 0 aromatic heterocycles. The molecule has 0 amide bonds. The van der Waals surface area contributed by atoms with Crippen molar-refractivity contribution in [2.75, 3.05) is 11.9 Å². The van der Waals surface area contributed by atoms with Gasteiger partial charge in [-0.2, -0.15) is 0 Å². The largest absolute Gasteiger partial charge is 0.487 e. The molecular weight excluding hydrogens is 314 g/mol. The van der Waals surface area contributed by atoms with E-state index >= 15 is 0 Å². The first kappa shape index (κ1) is 16.9. The van der Waals surface area contributed by atoms with E-state index in [-0.39, 0.29) is 17.1 Å². The zero-order chi connectivity index (χ0) is 17.7. The Bertz CT molecular complexity index is 804. The lowest BCUT2D eigenvalue weighted by Crippen LogP contribution is -2.02. The number of hydrogen-bond acceptors (Lipinski definition) is 6. The van der Waals surface area contributed by atoms with Crippen LogP contribution in [0, 0.1) is 20.2 Å². The van der Waals surface area contributed by atoms with Crippen LogP contribution in [0.4, 0.5) is 22.7 Å². The minimum absolute atomic E-state index is 0.136. The number of nitro benzene ring substituents is 2. The van der Waals surface area contributed by atoms with E-state index < -0.39 is 9.85 Å². The average Bonchev–Trinajstić information content (AvgIpc) is 2.53. The van der Waals surface area contributed by atoms with E-state index in [1.165, 1.54) is 12.1 Å². The van der Waals surface area contributed by atoms with E-state index in [1.54, 1.807) is 24.3 Å². The fraction of sp³-hybridized carbons (Fsp3) is 0.125. The van der Waals surface area contributed by atoms with E-state index in [0.717, 1.165) is 11.6 Å². The summed E-state index contributed by atoms with van der Waals surface area (Å²) in [5, 5.41) is 24.9. The quantitative estimate of drug-likeness (QED) is 0.463. The lowest BCUT2D eigenvalue weighted by Gasteiger charge is -2.13. The smallest absolute Gasteiger partial charge is 0.299 e. The molecule has 0 aliphatic carbocycles. The van der Waals surface area contributed by atoms with Crippen LogP contribution >= 0.6 is 0 Å². The summed E-state index contributed by atoms with van der Waals surface area (Å²) in [5.74, 6) is 0.494. The van der Waals surface area contributed by atoms with Crippen molar-refractivity contribution < 1.29 is 14.6 Å². The van der Waals surface area contributed by atoms with Crippen molar-refractivity contribution in [3.8, 4) is 5.75 Å². The molecule has 0 radical (unpaired) electrons. The van der Waals surface area contributed by atoms with Gasteiger partial charge in [0.2, 0.25) is 0 Å². The summed E-state index contributed by atoms with van der Waals surface area (Å²) in [6, 6.07) is 10.3. The summed E-state index contributed by atoms with van der Waals surface area (Å²) in [4.78, 5) is 20.6. The summed E-state index contributed by atoms with van der Waals surface area (Å²) in [6.45, 7) is 5.87. The van der Waals surface area contributed by atoms with Crippen molar-refractivity contribution in [1.29, 1.82) is 0 Å². The Labute approximate surface area is 137 Å². The van der Waals surface area contributed by atoms with Gasteiger partial charge in [-0.15, -0.1) is 0 Å². The molecule has 0 fully saturated rings. The summed E-state index contributed by atoms with van der Waals surface area (Å²) >= 11 is 0. The second-order valence-electron chi connectivity index (χ2n) is 5.08. The number of non-ortho nitro benzene ring substituents is 1. The Hall–Kier alpha value is -3.42. The first-order valence-electron chi connectivity index (χ1n) is 6.94. The third-order valence-corrected chi connectivity index (χ3v) is 3.02. The van der Waals surface area contributed by atoms with Crippen LogP contribution in [-0.2, 0) is 0 Å². The lowest BCUT2D eigenvalue weighted by molar-refractivity contribution is -0.393. The molecule has 0 unspecified atom stereocenters. The number of para-hydroxylation sites is 2. The average molecular weight is 329 g/mol. The maximum atomic E-state index is 11.2. The van der Waals surface area contributed by atoms with Crippen molar-refractivity contribution in [3.63, 3.8) is 0 Å². The lowest BCUT2D eigenvalue weighted by atomic mass is 10.2. The minimum Gasteiger partial charge on any atom is -0.487 e. The van der Waals surface area contributed by atoms with E-state index in [4.69, 9.17) is 4.74 Å². The molecule has 0 spiro atoms. The van der Waals surface area contributed by atoms with E-state index in [2.05, 4.69) is 11.9 Å². The Kier molecular flexibility index (Phi) is 5.10. The first-order chi connectivity index (χ1) is 11.4. The maximum Gasteiger partial charge on any atom is 0.299 e. The Morgan fingerprint density at radius 3 is 2.46 bits per heavy atom. The SMILES string of the molecule is C=C(C)COc1ccccc1Nc1ccc([N+](=O)[O-])cc1[N+](=O)[O-]. The van der Waals surface area contributed by atoms with Gasteiger partial charge < -0.3 is 10.1 Å². The van der Waals surface area contributed by atoms with Gasteiger partial charge in [-0.1, -0.05) is 18.7 Å². The highest BCUT2D eigenvalue weighted by molar-refractivity contribution is 5.74. The molecule has 0 heterocycles. The monoisotopic (exact) mass is 329 g/mol. The van der Waals surface area contributed by atoms with Gasteiger partial charge in [0.05, 0.1) is 21.6 Å². The number of ether oxygens (including phenoxy) is 1. The van der Waals surface area contributed by atoms with E-state index in [1.807, 2.05) is 6.92 Å². The van der Waals surface area contributed by atoms with Gasteiger partial charge >= 0.3 is 0 Å². The van der Waals surface area contributed by atoms with Crippen LogP contribution < -0.4 is 10.1 Å². The van der Waals surface area contributed by atoms with Gasteiger partial charge in [0.15, 0.2) is 0 Å². The molecule has 2 rings (SSSR count). The van der Waals surface area contributed by atoms with Crippen LogP contribution in [0.2, 0.25) is 0 Å². The molecule has 2 aromatic carbocycles. The molecule has 0 aliphatic heterocycles. The minimum atomic E-state index is -0.680. The van der Waals surface area contributed by atoms with E-state index in [0.29, 0.717) is 18.0 Å². The van der Waals surface area contributed by atoms with Gasteiger partial charge in [0.1, 0.15) is 18.0 Å². The molecule has 0 saturated heterocycles. The zero-order valence-electron chi connectivity index (χ0n) is 12.9. The van der Waals surface area contributed by atoms with Crippen LogP contribution in [-0.4, -0.2) is 16.5 Å². The van der Waals surface area contributed by atoms with Gasteiger partial charge in [-0.25, -0.2) is 0 Å². The number of nitrogens with one attached hydrogen (secondary N) is 1. The summed E-state index contributed by atoms with van der Waals surface area (Å²) in [7, 11) is 0. The highest BCUT2D eigenvalue weighted by Crippen LogP contribution is 2.34. The van der Waals surface area contributed by atoms with Crippen LogP contribution in [0.1, 0.15) is 6.92 Å². The van der Waals surface area contributed by atoms with Crippen molar-refractivity contribution in [1.82, 2.24) is 0 Å². The predicted octanol–water partition coefficient (Wildman–Crippen LogP) is 4.20. The Morgan fingerprint density at radius 1 is 1.12 bits per heavy atom. The zero-order valence-corrected chi connectivity index (χ0v) is 12.9. The first-order valence-corrected chi connectivity index (χ1v) is 6.94. The van der Waals surface area contributed by atoms with Crippen molar-refractivity contribution >= 4 is 22.7 Å². The topological polar surface area (TPSA) is 108 Å². The molecule has 2 aromatic rings. The third kappa shape index (κ3) is 4.07. The van der Waals surface area contributed by atoms with Gasteiger partial charge in [-0.3, -0.25) is 20.2 Å². The van der Waals surface area contributed by atoms with Crippen LogP contribution in [0.25, 0.3) is 0 Å². The third-order valence-electron chi connectivity index (χ3n) is 3.02. The molecule has 24 heavy (non-hydrogen) atoms. The summed E-state index contributed by atoms with van der Waals surface area (Å²) in [5.41, 5.74) is 0.733. The van der Waals surface area contributed by atoms with Crippen molar-refractivity contribution in [2.45, 2.75) is 6.92 Å². The molecule has 0 aliphatic rings. The maximum absolute atomic E-state index is 11.2. The van der Waals surface area contributed by atoms with Gasteiger partial charge in [0.25, 0.3) is 11.4 Å². The number of nitro groups is 2. The van der Waals surface area contributed by atoms with E-state index in [9.17, 15) is 20.2 Å². The standard InChI is InChI=1S/C16H15N3O5/c1-11(2)10-24-16-6-4-3-5-14(16)17-13-8-7-12(18(20)21)9-15(13)19(22)23/h3-9,17H,1,10H2,2H3. The second kappa shape index (κ2) is 7.23. The second-order valence-corrected chi connectivity index (χ2v) is 5.08. The molecule has 0 atom stereocenters. The normalized spacial score (nSPS) is 10.0. The van der Waals surface area contributed by atoms with Crippen LogP contribution in [0.15, 0.2) is 54.6 Å². The fourth-order valence-corrected chi connectivity index (χ4v) is 1.93. The highest BCUT2D eigenvalue weighted by Gasteiger charge is 2.20. The Morgan fingerprint density at radius 2 is 1.83 bits per heavy atom. The van der Waals surface area contributed by atoms with Crippen LogP contribution in [0.3, 0.4) is 0 Å². The molecule has 8 heteroatoms. The molecular formula is C16H15N3O5. The summed E-state index contributed by atoms with van der Waals surface area (Å²) in [6.07, 6.45) is 0. The Balaban J connectivity index is 2.36. The fourth-order valence-electron chi connectivity index (χ4n) is 1.93. The molecule has 1 N–H and O–H groups in total. The number of benzene rings is 2. The summed E-state index contributed by atoms with van der Waals surface area (Å²) < 4.78 is 5.59. The molecule has 124 valence electrons. The molecule has 0 saturated carbocycles. The van der Waals surface area contributed by atoms with Crippen molar-refractivity contribution in [2.24, 2.45) is 0 Å². The number of hydrogen-bond donors (Lipinski definition) is 1.